The van der Waals surface area contributed by atoms with Crippen molar-refractivity contribution in [3.05, 3.63) is 23.9 Å². The third-order valence-electron chi connectivity index (χ3n) is 3.13. The number of ether oxygens (including phenoxy) is 2. The monoisotopic (exact) mass is 244 g/mol. The molecule has 4 nitrogen and oxygen atoms in total. The Morgan fingerprint density at radius 2 is 1.89 bits per heavy atom. The molecule has 3 rings (SSSR count). The number of nitrogen functional groups attached to an aromatic ring is 1. The van der Waals surface area contributed by atoms with Crippen molar-refractivity contribution in [1.29, 1.82) is 0 Å². The van der Waals surface area contributed by atoms with Gasteiger partial charge in [0.05, 0.1) is 18.7 Å². The number of hydrogen-bond donors (Lipinski definition) is 1. The van der Waals surface area contributed by atoms with Gasteiger partial charge in [-0.25, -0.2) is 0 Å². The maximum absolute atomic E-state index is 6.07. The van der Waals surface area contributed by atoms with Gasteiger partial charge in [-0.05, 0) is 18.6 Å². The zero-order valence-electron chi connectivity index (χ0n) is 10.4. The minimum absolute atomic E-state index is 0.679. The largest absolute Gasteiger partial charge is 0.490 e. The molecule has 2 aromatic rings. The summed E-state index contributed by atoms with van der Waals surface area (Å²) in [5.41, 5.74) is 8.68. The van der Waals surface area contributed by atoms with E-state index >= 15 is 0 Å². The molecule has 18 heavy (non-hydrogen) atoms. The van der Waals surface area contributed by atoms with Crippen LogP contribution in [0.4, 0.5) is 5.69 Å². The van der Waals surface area contributed by atoms with Crippen molar-refractivity contribution in [3.8, 4) is 11.5 Å². The SMILES string of the molecule is CCc1cc(N)c2cc3c(cc2n1)OCCCO3. The Morgan fingerprint density at radius 1 is 1.17 bits per heavy atom. The molecular formula is C14H16N2O2. The lowest BCUT2D eigenvalue weighted by Crippen LogP contribution is -1.97. The van der Waals surface area contributed by atoms with Gasteiger partial charge in [0.1, 0.15) is 0 Å². The Hall–Kier alpha value is -1.97. The van der Waals surface area contributed by atoms with Crippen molar-refractivity contribution in [2.75, 3.05) is 18.9 Å². The maximum Gasteiger partial charge on any atom is 0.163 e. The Kier molecular flexibility index (Phi) is 2.70. The van der Waals surface area contributed by atoms with Crippen LogP contribution in [0.25, 0.3) is 10.9 Å². The van der Waals surface area contributed by atoms with Crippen LogP contribution in [0, 0.1) is 0 Å². The summed E-state index contributed by atoms with van der Waals surface area (Å²) in [6, 6.07) is 5.77. The van der Waals surface area contributed by atoms with Crippen LogP contribution in [-0.4, -0.2) is 18.2 Å². The van der Waals surface area contributed by atoms with Gasteiger partial charge in [-0.2, -0.15) is 0 Å². The van der Waals surface area contributed by atoms with E-state index in [-0.39, 0.29) is 0 Å². The van der Waals surface area contributed by atoms with Crippen LogP contribution >= 0.6 is 0 Å². The van der Waals surface area contributed by atoms with E-state index in [4.69, 9.17) is 15.2 Å². The van der Waals surface area contributed by atoms with Gasteiger partial charge in [-0.1, -0.05) is 6.92 Å². The van der Waals surface area contributed by atoms with Crippen LogP contribution in [0.1, 0.15) is 19.0 Å². The maximum atomic E-state index is 6.07. The lowest BCUT2D eigenvalue weighted by atomic mass is 10.1. The highest BCUT2D eigenvalue weighted by Gasteiger charge is 2.13. The summed E-state index contributed by atoms with van der Waals surface area (Å²) in [4.78, 5) is 4.58. The topological polar surface area (TPSA) is 57.4 Å². The van der Waals surface area contributed by atoms with Crippen LogP contribution in [0.3, 0.4) is 0 Å². The number of aryl methyl sites for hydroxylation is 1. The average molecular weight is 244 g/mol. The van der Waals surface area contributed by atoms with Gasteiger partial charge >= 0.3 is 0 Å². The molecule has 0 fully saturated rings. The molecule has 2 N–H and O–H groups in total. The zero-order chi connectivity index (χ0) is 12.5. The van der Waals surface area contributed by atoms with E-state index < -0.39 is 0 Å². The number of aromatic nitrogens is 1. The fourth-order valence-electron chi connectivity index (χ4n) is 2.15. The smallest absolute Gasteiger partial charge is 0.163 e. The van der Waals surface area contributed by atoms with E-state index in [1.165, 1.54) is 0 Å². The van der Waals surface area contributed by atoms with Gasteiger partial charge < -0.3 is 15.2 Å². The number of pyridine rings is 1. The zero-order valence-corrected chi connectivity index (χ0v) is 10.4. The van der Waals surface area contributed by atoms with Gasteiger partial charge in [0.15, 0.2) is 11.5 Å². The second-order valence-electron chi connectivity index (χ2n) is 4.42. The van der Waals surface area contributed by atoms with E-state index in [9.17, 15) is 0 Å². The Bertz CT molecular complexity index is 596. The first-order valence-corrected chi connectivity index (χ1v) is 6.26. The van der Waals surface area contributed by atoms with Crippen molar-refractivity contribution in [1.82, 2.24) is 4.98 Å². The highest BCUT2D eigenvalue weighted by Crippen LogP contribution is 2.35. The molecule has 1 aliphatic rings. The van der Waals surface area contributed by atoms with Gasteiger partial charge in [-0.3, -0.25) is 4.98 Å². The molecule has 0 aliphatic carbocycles. The molecule has 0 unspecified atom stereocenters. The summed E-state index contributed by atoms with van der Waals surface area (Å²) in [5, 5.41) is 0.927. The van der Waals surface area contributed by atoms with Crippen LogP contribution in [0.15, 0.2) is 18.2 Å². The number of fused-ring (bicyclic) bond motifs is 2. The molecule has 4 heteroatoms. The number of nitrogens with zero attached hydrogens (tertiary/aromatic N) is 1. The Morgan fingerprint density at radius 3 is 2.61 bits per heavy atom. The molecule has 0 amide bonds. The fourth-order valence-corrected chi connectivity index (χ4v) is 2.15. The molecule has 1 aliphatic heterocycles. The molecule has 0 bridgehead atoms. The average Bonchev–Trinajstić information content (AvgIpc) is 2.61. The Balaban J connectivity index is 2.21. The lowest BCUT2D eigenvalue weighted by molar-refractivity contribution is 0.297. The first-order chi connectivity index (χ1) is 8.78. The third kappa shape index (κ3) is 1.83. The van der Waals surface area contributed by atoms with Crippen LogP contribution < -0.4 is 15.2 Å². The van der Waals surface area contributed by atoms with Crippen LogP contribution in [0.2, 0.25) is 0 Å². The number of rotatable bonds is 1. The molecule has 0 saturated carbocycles. The van der Waals surface area contributed by atoms with Gasteiger partial charge in [0, 0.05) is 29.3 Å². The minimum Gasteiger partial charge on any atom is -0.490 e. The minimum atomic E-state index is 0.679. The van der Waals surface area contributed by atoms with E-state index in [2.05, 4.69) is 11.9 Å². The predicted molar refractivity (Wildman–Crippen MR) is 71.1 cm³/mol. The van der Waals surface area contributed by atoms with Crippen molar-refractivity contribution >= 4 is 16.6 Å². The standard InChI is InChI=1S/C14H16N2O2/c1-2-9-6-11(15)10-7-13-14(8-12(10)16-9)18-5-3-4-17-13/h6-8H,2-5H2,1H3,(H2,15,16). The molecule has 0 radical (unpaired) electrons. The highest BCUT2D eigenvalue weighted by molar-refractivity contribution is 5.92. The normalized spacial score (nSPS) is 14.5. The highest BCUT2D eigenvalue weighted by atomic mass is 16.5. The summed E-state index contributed by atoms with van der Waals surface area (Å²) >= 11 is 0. The van der Waals surface area contributed by atoms with Crippen molar-refractivity contribution in [2.45, 2.75) is 19.8 Å². The quantitative estimate of drug-likeness (QED) is 0.837. The molecule has 1 aromatic heterocycles. The van der Waals surface area contributed by atoms with Crippen molar-refractivity contribution in [2.24, 2.45) is 0 Å². The number of anilines is 1. The Labute approximate surface area is 106 Å². The van der Waals surface area contributed by atoms with E-state index in [1.54, 1.807) is 0 Å². The van der Waals surface area contributed by atoms with Gasteiger partial charge in [0.25, 0.3) is 0 Å². The summed E-state index contributed by atoms with van der Waals surface area (Å²) in [6.07, 6.45) is 1.77. The summed E-state index contributed by atoms with van der Waals surface area (Å²) in [5.74, 6) is 1.53. The first-order valence-electron chi connectivity index (χ1n) is 6.26. The second-order valence-corrected chi connectivity index (χ2v) is 4.42. The summed E-state index contributed by atoms with van der Waals surface area (Å²) in [6.45, 7) is 3.43. The van der Waals surface area contributed by atoms with E-state index in [1.807, 2.05) is 18.2 Å². The molecule has 1 aromatic carbocycles. The predicted octanol–water partition coefficient (Wildman–Crippen LogP) is 2.54. The molecule has 2 heterocycles. The van der Waals surface area contributed by atoms with E-state index in [0.717, 1.165) is 46.6 Å². The third-order valence-corrected chi connectivity index (χ3v) is 3.13. The first kappa shape index (κ1) is 11.1. The van der Waals surface area contributed by atoms with Gasteiger partial charge in [0.2, 0.25) is 0 Å². The fraction of sp³-hybridized carbons (Fsp3) is 0.357. The number of hydrogen-bond acceptors (Lipinski definition) is 4. The molecule has 0 spiro atoms. The van der Waals surface area contributed by atoms with E-state index in [0.29, 0.717) is 13.2 Å². The summed E-state index contributed by atoms with van der Waals surface area (Å²) in [7, 11) is 0. The molecule has 0 saturated heterocycles. The van der Waals surface area contributed by atoms with Gasteiger partial charge in [-0.15, -0.1) is 0 Å². The number of nitrogens with two attached hydrogens (primary N) is 1. The van der Waals surface area contributed by atoms with Crippen LogP contribution in [0.5, 0.6) is 11.5 Å². The second kappa shape index (κ2) is 4.37. The number of benzene rings is 1. The molecular weight excluding hydrogens is 228 g/mol. The van der Waals surface area contributed by atoms with Crippen LogP contribution in [-0.2, 0) is 6.42 Å². The van der Waals surface area contributed by atoms with Crippen molar-refractivity contribution < 1.29 is 9.47 Å². The van der Waals surface area contributed by atoms with Crippen molar-refractivity contribution in [3.63, 3.8) is 0 Å². The molecule has 0 atom stereocenters. The molecule has 94 valence electrons. The summed E-state index contributed by atoms with van der Waals surface area (Å²) < 4.78 is 11.3. The lowest BCUT2D eigenvalue weighted by Gasteiger charge is -2.10.